The summed E-state index contributed by atoms with van der Waals surface area (Å²) in [5, 5.41) is 12.2. The van der Waals surface area contributed by atoms with E-state index in [0.29, 0.717) is 6.54 Å². The Labute approximate surface area is 123 Å². The van der Waals surface area contributed by atoms with Crippen LogP contribution in [-0.2, 0) is 0 Å². The fourth-order valence-electron chi connectivity index (χ4n) is 2.73. The van der Waals surface area contributed by atoms with Gasteiger partial charge in [-0.15, -0.1) is 0 Å². The van der Waals surface area contributed by atoms with Gasteiger partial charge in [0.25, 0.3) is 5.91 Å². The highest BCUT2D eigenvalue weighted by molar-refractivity contribution is 6.31. The molecule has 1 amide bonds. The number of carbonyl (C=O) groups is 1. The normalized spacial score (nSPS) is 17.8. The molecule has 0 aliphatic heterocycles. The highest BCUT2D eigenvalue weighted by atomic mass is 35.5. The maximum absolute atomic E-state index is 13.8. The highest BCUT2D eigenvalue weighted by Crippen LogP contribution is 2.35. The number of amides is 1. The number of aliphatic hydroxyl groups excluding tert-OH is 1. The van der Waals surface area contributed by atoms with Crippen molar-refractivity contribution in [2.75, 3.05) is 13.2 Å². The van der Waals surface area contributed by atoms with Crippen LogP contribution in [0.25, 0.3) is 0 Å². The zero-order valence-corrected chi connectivity index (χ0v) is 12.0. The van der Waals surface area contributed by atoms with Crippen LogP contribution in [0.5, 0.6) is 0 Å². The Hall–Kier alpha value is -1.13. The summed E-state index contributed by atoms with van der Waals surface area (Å²) in [6.07, 6.45) is 5.06. The molecule has 5 heteroatoms. The minimum Gasteiger partial charge on any atom is -0.396 e. The molecule has 0 bridgehead atoms. The van der Waals surface area contributed by atoms with E-state index in [1.165, 1.54) is 18.6 Å². The van der Waals surface area contributed by atoms with E-state index in [1.807, 2.05) is 0 Å². The van der Waals surface area contributed by atoms with Crippen LogP contribution in [0.2, 0.25) is 5.02 Å². The van der Waals surface area contributed by atoms with Gasteiger partial charge in [0.1, 0.15) is 0 Å². The van der Waals surface area contributed by atoms with Crippen LogP contribution in [0.15, 0.2) is 18.2 Å². The number of rotatable bonds is 4. The van der Waals surface area contributed by atoms with Crippen LogP contribution in [0.4, 0.5) is 4.39 Å². The summed E-state index contributed by atoms with van der Waals surface area (Å²) >= 11 is 5.67. The third kappa shape index (κ3) is 3.30. The van der Waals surface area contributed by atoms with Crippen molar-refractivity contribution in [1.82, 2.24) is 5.32 Å². The standard InChI is InChI=1S/C15H19ClFNO2/c16-12-6-4-5-11(13(12)17)14(20)18-9-15(10-19)7-2-1-3-8-15/h4-6,19H,1-3,7-10H2,(H,18,20). The summed E-state index contributed by atoms with van der Waals surface area (Å²) in [5.41, 5.74) is -0.315. The van der Waals surface area contributed by atoms with Gasteiger partial charge >= 0.3 is 0 Å². The summed E-state index contributed by atoms with van der Waals surface area (Å²) < 4.78 is 13.8. The van der Waals surface area contributed by atoms with Crippen molar-refractivity contribution in [2.45, 2.75) is 32.1 Å². The van der Waals surface area contributed by atoms with E-state index >= 15 is 0 Å². The van der Waals surface area contributed by atoms with E-state index in [2.05, 4.69) is 5.32 Å². The largest absolute Gasteiger partial charge is 0.396 e. The van der Waals surface area contributed by atoms with Gasteiger partial charge in [-0.25, -0.2) is 4.39 Å². The molecule has 0 unspecified atom stereocenters. The van der Waals surface area contributed by atoms with Crippen LogP contribution in [0.1, 0.15) is 42.5 Å². The highest BCUT2D eigenvalue weighted by Gasteiger charge is 2.32. The Morgan fingerprint density at radius 3 is 2.70 bits per heavy atom. The molecular weight excluding hydrogens is 281 g/mol. The Morgan fingerprint density at radius 2 is 2.05 bits per heavy atom. The number of hydrogen-bond donors (Lipinski definition) is 2. The van der Waals surface area contributed by atoms with E-state index in [-0.39, 0.29) is 22.6 Å². The van der Waals surface area contributed by atoms with E-state index in [1.54, 1.807) is 6.07 Å². The smallest absolute Gasteiger partial charge is 0.254 e. The topological polar surface area (TPSA) is 49.3 Å². The van der Waals surface area contributed by atoms with Gasteiger partial charge in [0.15, 0.2) is 5.82 Å². The lowest BCUT2D eigenvalue weighted by Gasteiger charge is -2.35. The van der Waals surface area contributed by atoms with E-state index < -0.39 is 11.7 Å². The lowest BCUT2D eigenvalue weighted by Crippen LogP contribution is -2.41. The Balaban J connectivity index is 2.02. The van der Waals surface area contributed by atoms with Gasteiger partial charge in [-0.1, -0.05) is 36.9 Å². The summed E-state index contributed by atoms with van der Waals surface area (Å²) in [6, 6.07) is 4.36. The van der Waals surface area contributed by atoms with Gasteiger partial charge in [0.05, 0.1) is 17.2 Å². The van der Waals surface area contributed by atoms with Crippen LogP contribution in [0.3, 0.4) is 0 Å². The zero-order chi connectivity index (χ0) is 14.6. The first-order valence-corrected chi connectivity index (χ1v) is 7.29. The van der Waals surface area contributed by atoms with E-state index in [0.717, 1.165) is 25.7 Å². The molecular formula is C15H19ClFNO2. The average molecular weight is 300 g/mol. The fourth-order valence-corrected chi connectivity index (χ4v) is 2.91. The second-order valence-electron chi connectivity index (χ2n) is 5.50. The van der Waals surface area contributed by atoms with Gasteiger partial charge < -0.3 is 10.4 Å². The molecule has 20 heavy (non-hydrogen) atoms. The number of nitrogens with one attached hydrogen (secondary N) is 1. The van der Waals surface area contributed by atoms with Crippen molar-refractivity contribution in [3.8, 4) is 0 Å². The predicted octanol–water partition coefficient (Wildman–Crippen LogP) is 3.15. The van der Waals surface area contributed by atoms with Crippen molar-refractivity contribution >= 4 is 17.5 Å². The van der Waals surface area contributed by atoms with E-state index in [4.69, 9.17) is 11.6 Å². The fraction of sp³-hybridized carbons (Fsp3) is 0.533. The van der Waals surface area contributed by atoms with Crippen molar-refractivity contribution in [3.63, 3.8) is 0 Å². The van der Waals surface area contributed by atoms with Gasteiger partial charge in [-0.3, -0.25) is 4.79 Å². The lowest BCUT2D eigenvalue weighted by atomic mass is 9.74. The number of halogens is 2. The second kappa shape index (κ2) is 6.55. The Morgan fingerprint density at radius 1 is 1.35 bits per heavy atom. The third-order valence-electron chi connectivity index (χ3n) is 4.07. The summed E-state index contributed by atoms with van der Waals surface area (Å²) in [4.78, 5) is 12.0. The van der Waals surface area contributed by atoms with E-state index in [9.17, 15) is 14.3 Å². The molecule has 0 radical (unpaired) electrons. The first kappa shape index (κ1) is 15.3. The summed E-state index contributed by atoms with van der Waals surface area (Å²) in [5.74, 6) is -1.18. The van der Waals surface area contributed by atoms with Crippen molar-refractivity contribution in [1.29, 1.82) is 0 Å². The lowest BCUT2D eigenvalue weighted by molar-refractivity contribution is 0.0716. The molecule has 0 heterocycles. The molecule has 0 saturated heterocycles. The van der Waals surface area contributed by atoms with Gasteiger partial charge in [-0.05, 0) is 25.0 Å². The molecule has 2 N–H and O–H groups in total. The van der Waals surface area contributed by atoms with Crippen LogP contribution in [0, 0.1) is 11.2 Å². The SMILES string of the molecule is O=C(NCC1(CO)CCCCC1)c1cccc(Cl)c1F. The van der Waals surface area contributed by atoms with Crippen LogP contribution < -0.4 is 5.32 Å². The first-order chi connectivity index (χ1) is 9.58. The number of aliphatic hydroxyl groups is 1. The number of benzene rings is 1. The number of hydrogen-bond acceptors (Lipinski definition) is 2. The monoisotopic (exact) mass is 299 g/mol. The first-order valence-electron chi connectivity index (χ1n) is 6.91. The predicted molar refractivity (Wildman–Crippen MR) is 76.3 cm³/mol. The number of carbonyl (C=O) groups excluding carboxylic acids is 1. The summed E-state index contributed by atoms with van der Waals surface area (Å²) in [6.45, 7) is 0.416. The Bertz CT molecular complexity index is 487. The quantitative estimate of drug-likeness (QED) is 0.897. The second-order valence-corrected chi connectivity index (χ2v) is 5.91. The van der Waals surface area contributed by atoms with Crippen molar-refractivity contribution in [3.05, 3.63) is 34.6 Å². The van der Waals surface area contributed by atoms with Crippen molar-refractivity contribution < 1.29 is 14.3 Å². The van der Waals surface area contributed by atoms with Crippen LogP contribution in [-0.4, -0.2) is 24.2 Å². The molecule has 110 valence electrons. The molecule has 1 aliphatic rings. The average Bonchev–Trinajstić information content (AvgIpc) is 2.48. The molecule has 0 atom stereocenters. The minimum atomic E-state index is -0.701. The zero-order valence-electron chi connectivity index (χ0n) is 11.3. The van der Waals surface area contributed by atoms with Gasteiger partial charge in [0.2, 0.25) is 0 Å². The minimum absolute atomic E-state index is 0.0469. The molecule has 3 nitrogen and oxygen atoms in total. The molecule has 0 aromatic heterocycles. The Kier molecular flexibility index (Phi) is 5.00. The summed E-state index contributed by atoms with van der Waals surface area (Å²) in [7, 11) is 0. The third-order valence-corrected chi connectivity index (χ3v) is 4.36. The van der Waals surface area contributed by atoms with Gasteiger partial charge in [0, 0.05) is 12.0 Å². The van der Waals surface area contributed by atoms with Crippen LogP contribution >= 0.6 is 11.6 Å². The van der Waals surface area contributed by atoms with Crippen molar-refractivity contribution in [2.24, 2.45) is 5.41 Å². The molecule has 1 saturated carbocycles. The molecule has 0 spiro atoms. The molecule has 1 aromatic carbocycles. The molecule has 1 fully saturated rings. The molecule has 1 aliphatic carbocycles. The maximum atomic E-state index is 13.8. The molecule has 1 aromatic rings. The molecule has 2 rings (SSSR count). The maximum Gasteiger partial charge on any atom is 0.254 e. The van der Waals surface area contributed by atoms with Gasteiger partial charge in [-0.2, -0.15) is 0 Å².